The highest BCUT2D eigenvalue weighted by Gasteiger charge is 2.15. The van der Waals surface area contributed by atoms with Crippen molar-refractivity contribution in [3.63, 3.8) is 0 Å². The SMILES string of the molecule is NS(=O)(=O)c1ccc(Br)c(C(=O)NCc2cc(F)cc(F)c2)c1. The molecule has 0 radical (unpaired) electrons. The predicted molar refractivity (Wildman–Crippen MR) is 83.0 cm³/mol. The van der Waals surface area contributed by atoms with Crippen molar-refractivity contribution in [1.82, 2.24) is 5.32 Å². The van der Waals surface area contributed by atoms with Crippen LogP contribution in [0.5, 0.6) is 0 Å². The van der Waals surface area contributed by atoms with Gasteiger partial charge in [0.1, 0.15) is 11.6 Å². The van der Waals surface area contributed by atoms with Crippen LogP contribution in [0.3, 0.4) is 0 Å². The summed E-state index contributed by atoms with van der Waals surface area (Å²) in [6.45, 7) is -0.125. The zero-order valence-electron chi connectivity index (χ0n) is 11.5. The van der Waals surface area contributed by atoms with E-state index in [2.05, 4.69) is 21.2 Å². The van der Waals surface area contributed by atoms with Crippen molar-refractivity contribution in [3.05, 3.63) is 63.6 Å². The lowest BCUT2D eigenvalue weighted by atomic mass is 10.2. The van der Waals surface area contributed by atoms with Gasteiger partial charge in [-0.2, -0.15) is 0 Å². The molecule has 0 unspecified atom stereocenters. The van der Waals surface area contributed by atoms with Crippen molar-refractivity contribution >= 4 is 31.9 Å². The molecule has 0 atom stereocenters. The van der Waals surface area contributed by atoms with Gasteiger partial charge in [0.05, 0.1) is 10.5 Å². The zero-order valence-corrected chi connectivity index (χ0v) is 13.9. The summed E-state index contributed by atoms with van der Waals surface area (Å²) >= 11 is 3.13. The molecule has 1 amide bonds. The number of carbonyl (C=O) groups excluding carboxylic acids is 1. The minimum Gasteiger partial charge on any atom is -0.348 e. The Morgan fingerprint density at radius 1 is 1.13 bits per heavy atom. The second kappa shape index (κ2) is 6.73. The van der Waals surface area contributed by atoms with Crippen molar-refractivity contribution in [3.8, 4) is 0 Å². The van der Waals surface area contributed by atoms with Crippen LogP contribution in [0.2, 0.25) is 0 Å². The summed E-state index contributed by atoms with van der Waals surface area (Å²) in [7, 11) is -3.95. The lowest BCUT2D eigenvalue weighted by Gasteiger charge is -2.09. The lowest BCUT2D eigenvalue weighted by Crippen LogP contribution is -2.24. The summed E-state index contributed by atoms with van der Waals surface area (Å²) < 4.78 is 49.2. The average Bonchev–Trinajstić information content (AvgIpc) is 2.43. The van der Waals surface area contributed by atoms with Gasteiger partial charge in [0, 0.05) is 17.1 Å². The predicted octanol–water partition coefficient (Wildman–Crippen LogP) is 2.30. The second-order valence-electron chi connectivity index (χ2n) is 4.65. The Balaban J connectivity index is 2.21. The van der Waals surface area contributed by atoms with Crippen LogP contribution >= 0.6 is 15.9 Å². The number of nitrogens with two attached hydrogens (primary N) is 1. The third-order valence-corrected chi connectivity index (χ3v) is 4.49. The minimum absolute atomic E-state index is 0.0356. The highest BCUT2D eigenvalue weighted by molar-refractivity contribution is 9.10. The fourth-order valence-electron chi connectivity index (χ4n) is 1.85. The maximum atomic E-state index is 13.1. The van der Waals surface area contributed by atoms with E-state index in [-0.39, 0.29) is 22.6 Å². The molecule has 5 nitrogen and oxygen atoms in total. The van der Waals surface area contributed by atoms with Crippen LogP contribution in [0.1, 0.15) is 15.9 Å². The first-order valence-corrected chi connectivity index (χ1v) is 8.56. The van der Waals surface area contributed by atoms with Crippen molar-refractivity contribution in [2.75, 3.05) is 0 Å². The van der Waals surface area contributed by atoms with E-state index in [0.717, 1.165) is 24.3 Å². The molecular weight excluding hydrogens is 394 g/mol. The number of benzene rings is 2. The van der Waals surface area contributed by atoms with E-state index in [1.165, 1.54) is 12.1 Å². The first-order valence-electron chi connectivity index (χ1n) is 6.22. The van der Waals surface area contributed by atoms with E-state index in [1.807, 2.05) is 0 Å². The molecule has 0 saturated heterocycles. The zero-order chi connectivity index (χ0) is 17.2. The largest absolute Gasteiger partial charge is 0.348 e. The Hall–Kier alpha value is -1.84. The molecule has 2 aromatic rings. The Labute approximate surface area is 139 Å². The van der Waals surface area contributed by atoms with Crippen LogP contribution in [0.4, 0.5) is 8.78 Å². The highest BCUT2D eigenvalue weighted by Crippen LogP contribution is 2.20. The van der Waals surface area contributed by atoms with Gasteiger partial charge in [0.25, 0.3) is 5.91 Å². The smallest absolute Gasteiger partial charge is 0.252 e. The summed E-state index contributed by atoms with van der Waals surface area (Å²) in [5.41, 5.74) is 0.267. The molecule has 122 valence electrons. The monoisotopic (exact) mass is 404 g/mol. The third kappa shape index (κ3) is 4.57. The number of nitrogens with one attached hydrogen (secondary N) is 1. The van der Waals surface area contributed by atoms with Gasteiger partial charge in [0.15, 0.2) is 0 Å². The normalized spacial score (nSPS) is 11.3. The molecule has 9 heteroatoms. The molecule has 2 rings (SSSR count). The van der Waals surface area contributed by atoms with Crippen LogP contribution in [-0.4, -0.2) is 14.3 Å². The van der Waals surface area contributed by atoms with Crippen molar-refractivity contribution in [2.24, 2.45) is 5.14 Å². The third-order valence-electron chi connectivity index (χ3n) is 2.89. The van der Waals surface area contributed by atoms with Crippen molar-refractivity contribution in [2.45, 2.75) is 11.4 Å². The number of halogens is 3. The fourth-order valence-corrected chi connectivity index (χ4v) is 2.81. The molecular formula is C14H11BrF2N2O3S. The molecule has 0 aliphatic heterocycles. The number of hydrogen-bond donors (Lipinski definition) is 2. The summed E-state index contributed by atoms with van der Waals surface area (Å²) in [6.07, 6.45) is 0. The molecule has 0 saturated carbocycles. The topological polar surface area (TPSA) is 89.3 Å². The van der Waals surface area contributed by atoms with Crippen LogP contribution in [0.15, 0.2) is 45.8 Å². The molecule has 3 N–H and O–H groups in total. The summed E-state index contributed by atoms with van der Waals surface area (Å²) in [4.78, 5) is 11.9. The number of sulfonamides is 1. The highest BCUT2D eigenvalue weighted by atomic mass is 79.9. The Kier molecular flexibility index (Phi) is 5.12. The van der Waals surface area contributed by atoms with Gasteiger partial charge >= 0.3 is 0 Å². The summed E-state index contributed by atoms with van der Waals surface area (Å²) in [5, 5.41) is 7.47. The quantitative estimate of drug-likeness (QED) is 0.818. The number of carbonyl (C=O) groups is 1. The van der Waals surface area contributed by atoms with Crippen molar-refractivity contribution in [1.29, 1.82) is 0 Å². The van der Waals surface area contributed by atoms with E-state index < -0.39 is 27.6 Å². The van der Waals surface area contributed by atoms with Gasteiger partial charge in [-0.25, -0.2) is 22.3 Å². The maximum absolute atomic E-state index is 13.1. The van der Waals surface area contributed by atoms with E-state index in [4.69, 9.17) is 5.14 Å². The second-order valence-corrected chi connectivity index (χ2v) is 7.06. The fraction of sp³-hybridized carbons (Fsp3) is 0.0714. The number of hydrogen-bond acceptors (Lipinski definition) is 3. The molecule has 0 aromatic heterocycles. The van der Waals surface area contributed by atoms with Crippen molar-refractivity contribution < 1.29 is 22.0 Å². The maximum Gasteiger partial charge on any atom is 0.252 e. The Bertz CT molecular complexity index is 852. The molecule has 0 heterocycles. The van der Waals surface area contributed by atoms with E-state index in [9.17, 15) is 22.0 Å². The van der Waals surface area contributed by atoms with E-state index in [1.54, 1.807) is 0 Å². The van der Waals surface area contributed by atoms with Crippen LogP contribution in [0, 0.1) is 11.6 Å². The summed E-state index contributed by atoms with van der Waals surface area (Å²) in [5.74, 6) is -2.13. The first kappa shape index (κ1) is 17.5. The minimum atomic E-state index is -3.95. The van der Waals surface area contributed by atoms with Gasteiger partial charge in [-0.15, -0.1) is 0 Å². The van der Waals surface area contributed by atoms with Gasteiger partial charge in [0.2, 0.25) is 10.0 Å². The Morgan fingerprint density at radius 2 is 1.74 bits per heavy atom. The van der Waals surface area contributed by atoms with E-state index in [0.29, 0.717) is 4.47 Å². The molecule has 0 spiro atoms. The van der Waals surface area contributed by atoms with Crippen LogP contribution in [0.25, 0.3) is 0 Å². The average molecular weight is 405 g/mol. The van der Waals surface area contributed by atoms with Gasteiger partial charge in [-0.1, -0.05) is 0 Å². The van der Waals surface area contributed by atoms with E-state index >= 15 is 0 Å². The molecule has 0 aliphatic rings. The standard InChI is InChI=1S/C14H11BrF2N2O3S/c15-13-2-1-11(23(18,21)22)6-12(13)14(20)19-7-8-3-9(16)5-10(17)4-8/h1-6H,7H2,(H,19,20)(H2,18,21,22). The molecule has 23 heavy (non-hydrogen) atoms. The van der Waals surface area contributed by atoms with Gasteiger partial charge in [-0.05, 0) is 51.8 Å². The van der Waals surface area contributed by atoms with Crippen LogP contribution in [-0.2, 0) is 16.6 Å². The Morgan fingerprint density at radius 3 is 2.30 bits per heavy atom. The van der Waals surface area contributed by atoms with Gasteiger partial charge in [-0.3, -0.25) is 4.79 Å². The lowest BCUT2D eigenvalue weighted by molar-refractivity contribution is 0.0950. The molecule has 0 aliphatic carbocycles. The molecule has 2 aromatic carbocycles. The molecule has 0 fully saturated rings. The molecule has 0 bridgehead atoms. The first-order chi connectivity index (χ1) is 10.7. The van der Waals surface area contributed by atoms with Crippen LogP contribution < -0.4 is 10.5 Å². The van der Waals surface area contributed by atoms with Gasteiger partial charge < -0.3 is 5.32 Å². The summed E-state index contributed by atoms with van der Waals surface area (Å²) in [6, 6.07) is 6.62. The number of amides is 1. The number of rotatable bonds is 4. The number of primary sulfonamides is 1.